The van der Waals surface area contributed by atoms with E-state index in [4.69, 9.17) is 4.74 Å². The third-order valence-electron chi connectivity index (χ3n) is 4.90. The average molecular weight is 417 g/mol. The Labute approximate surface area is 168 Å². The van der Waals surface area contributed by atoms with Gasteiger partial charge in [-0.15, -0.1) is 0 Å². The fourth-order valence-electron chi connectivity index (χ4n) is 3.08. The highest BCUT2D eigenvalue weighted by atomic mass is 19.4. The van der Waals surface area contributed by atoms with Crippen LogP contribution in [0.25, 0.3) is 11.3 Å². The SMILES string of the molecule is O=C(Nc1ccc(F)cc1)C1(c2ccc(-c3ccc(C(F)(F)F)nc3)nc2)COC1. The molecule has 1 aliphatic rings. The van der Waals surface area contributed by atoms with E-state index in [0.717, 1.165) is 12.3 Å². The molecular weight excluding hydrogens is 402 g/mol. The van der Waals surface area contributed by atoms with Gasteiger partial charge in [-0.1, -0.05) is 6.07 Å². The number of aromatic nitrogens is 2. The van der Waals surface area contributed by atoms with Gasteiger partial charge in [-0.3, -0.25) is 14.8 Å². The van der Waals surface area contributed by atoms with Gasteiger partial charge in [0.1, 0.15) is 16.9 Å². The van der Waals surface area contributed by atoms with E-state index in [0.29, 0.717) is 22.5 Å². The fourth-order valence-corrected chi connectivity index (χ4v) is 3.08. The number of hydrogen-bond donors (Lipinski definition) is 1. The van der Waals surface area contributed by atoms with Crippen LogP contribution >= 0.6 is 0 Å². The topological polar surface area (TPSA) is 64.1 Å². The number of ether oxygens (including phenoxy) is 1. The first-order valence-electron chi connectivity index (χ1n) is 8.93. The zero-order valence-electron chi connectivity index (χ0n) is 15.4. The van der Waals surface area contributed by atoms with Crippen molar-refractivity contribution in [2.75, 3.05) is 18.5 Å². The van der Waals surface area contributed by atoms with Crippen LogP contribution in [0.3, 0.4) is 0 Å². The summed E-state index contributed by atoms with van der Waals surface area (Å²) in [6, 6.07) is 10.9. The molecule has 0 radical (unpaired) electrons. The Morgan fingerprint density at radius 2 is 1.70 bits per heavy atom. The molecular formula is C21H15F4N3O2. The van der Waals surface area contributed by atoms with Crippen molar-refractivity contribution in [2.24, 2.45) is 0 Å². The molecule has 0 bridgehead atoms. The molecule has 154 valence electrons. The van der Waals surface area contributed by atoms with Gasteiger partial charge in [0.05, 0.1) is 18.9 Å². The molecule has 2 aromatic heterocycles. The first-order chi connectivity index (χ1) is 14.3. The normalized spacial score (nSPS) is 15.3. The Hall–Kier alpha value is -3.33. The number of pyridine rings is 2. The number of halogens is 4. The van der Waals surface area contributed by atoms with Gasteiger partial charge in [-0.2, -0.15) is 13.2 Å². The van der Waals surface area contributed by atoms with Crippen LogP contribution in [0.2, 0.25) is 0 Å². The predicted molar refractivity (Wildman–Crippen MR) is 100.0 cm³/mol. The number of rotatable bonds is 4. The summed E-state index contributed by atoms with van der Waals surface area (Å²) in [6.45, 7) is 0.311. The Morgan fingerprint density at radius 3 is 2.20 bits per heavy atom. The summed E-state index contributed by atoms with van der Waals surface area (Å²) in [4.78, 5) is 20.6. The average Bonchev–Trinajstić information content (AvgIpc) is 2.69. The number of carbonyl (C=O) groups excluding carboxylic acids is 1. The first-order valence-corrected chi connectivity index (χ1v) is 8.93. The lowest BCUT2D eigenvalue weighted by atomic mass is 9.78. The van der Waals surface area contributed by atoms with Gasteiger partial charge in [-0.25, -0.2) is 4.39 Å². The van der Waals surface area contributed by atoms with Crippen LogP contribution in [-0.4, -0.2) is 29.1 Å². The van der Waals surface area contributed by atoms with Gasteiger partial charge >= 0.3 is 6.18 Å². The minimum Gasteiger partial charge on any atom is -0.378 e. The highest BCUT2D eigenvalue weighted by Crippen LogP contribution is 2.34. The fraction of sp³-hybridized carbons (Fsp3) is 0.190. The number of carbonyl (C=O) groups is 1. The summed E-state index contributed by atoms with van der Waals surface area (Å²) in [5.74, 6) is -0.724. The molecule has 1 aliphatic heterocycles. The van der Waals surface area contributed by atoms with Crippen molar-refractivity contribution in [2.45, 2.75) is 11.6 Å². The Kier molecular flexibility index (Phi) is 4.98. The number of anilines is 1. The highest BCUT2D eigenvalue weighted by Gasteiger charge is 2.47. The lowest BCUT2D eigenvalue weighted by Gasteiger charge is -2.40. The molecule has 9 heteroatoms. The zero-order valence-corrected chi connectivity index (χ0v) is 15.4. The number of alkyl halides is 3. The second-order valence-corrected chi connectivity index (χ2v) is 6.90. The minimum atomic E-state index is -4.51. The molecule has 0 aliphatic carbocycles. The van der Waals surface area contributed by atoms with Crippen LogP contribution in [0, 0.1) is 5.82 Å². The summed E-state index contributed by atoms with van der Waals surface area (Å²) < 4.78 is 56.3. The molecule has 0 unspecified atom stereocenters. The van der Waals surface area contributed by atoms with Crippen LogP contribution in [0.15, 0.2) is 60.9 Å². The van der Waals surface area contributed by atoms with Gasteiger partial charge in [0, 0.05) is 23.6 Å². The summed E-state index contributed by atoms with van der Waals surface area (Å²) >= 11 is 0. The minimum absolute atomic E-state index is 0.156. The van der Waals surface area contributed by atoms with Gasteiger partial charge in [0.25, 0.3) is 0 Å². The summed E-state index contributed by atoms with van der Waals surface area (Å²) in [7, 11) is 0. The highest BCUT2D eigenvalue weighted by molar-refractivity contribution is 6.00. The number of nitrogens with one attached hydrogen (secondary N) is 1. The van der Waals surface area contributed by atoms with E-state index in [1.807, 2.05) is 0 Å². The Bertz CT molecular complexity index is 1050. The van der Waals surface area contributed by atoms with E-state index in [1.54, 1.807) is 12.1 Å². The van der Waals surface area contributed by atoms with Crippen molar-refractivity contribution < 1.29 is 27.1 Å². The van der Waals surface area contributed by atoms with Gasteiger partial charge in [0.15, 0.2) is 0 Å². The van der Waals surface area contributed by atoms with Crippen LogP contribution in [0.1, 0.15) is 11.3 Å². The van der Waals surface area contributed by atoms with Crippen molar-refractivity contribution in [3.63, 3.8) is 0 Å². The third kappa shape index (κ3) is 3.76. The van der Waals surface area contributed by atoms with Gasteiger partial charge < -0.3 is 10.1 Å². The molecule has 0 saturated carbocycles. The summed E-state index contributed by atoms with van der Waals surface area (Å²) in [5, 5.41) is 2.75. The van der Waals surface area contributed by atoms with Crippen molar-refractivity contribution >= 4 is 11.6 Å². The monoisotopic (exact) mass is 417 g/mol. The van der Waals surface area contributed by atoms with E-state index in [2.05, 4.69) is 15.3 Å². The molecule has 30 heavy (non-hydrogen) atoms. The van der Waals surface area contributed by atoms with Crippen molar-refractivity contribution in [3.8, 4) is 11.3 Å². The maximum atomic E-state index is 13.1. The molecule has 0 atom stereocenters. The molecule has 0 spiro atoms. The second-order valence-electron chi connectivity index (χ2n) is 6.90. The molecule has 5 nitrogen and oxygen atoms in total. The molecule has 3 aromatic rings. The number of hydrogen-bond acceptors (Lipinski definition) is 4. The quantitative estimate of drug-likeness (QED) is 0.646. The first kappa shape index (κ1) is 20.0. The maximum absolute atomic E-state index is 13.1. The number of nitrogens with zero attached hydrogens (tertiary/aromatic N) is 2. The molecule has 1 amide bonds. The summed E-state index contributed by atoms with van der Waals surface area (Å²) in [5.41, 5.74) is -0.0207. The smallest absolute Gasteiger partial charge is 0.378 e. The van der Waals surface area contributed by atoms with Crippen LogP contribution in [-0.2, 0) is 21.1 Å². The van der Waals surface area contributed by atoms with Crippen LogP contribution in [0.5, 0.6) is 0 Å². The zero-order chi connectivity index (χ0) is 21.4. The second kappa shape index (κ2) is 7.49. The van der Waals surface area contributed by atoms with Crippen LogP contribution in [0.4, 0.5) is 23.2 Å². The standard InChI is InChI=1S/C21H15F4N3O2/c22-15-3-5-16(6-4-15)28-19(29)20(11-30-12-20)14-2-7-17(26-10-14)13-1-8-18(27-9-13)21(23,24)25/h1-10H,11-12H2,(H,28,29). The summed E-state index contributed by atoms with van der Waals surface area (Å²) in [6.07, 6.45) is -1.90. The van der Waals surface area contributed by atoms with E-state index >= 15 is 0 Å². The van der Waals surface area contributed by atoms with Crippen molar-refractivity contribution in [1.29, 1.82) is 0 Å². The van der Waals surface area contributed by atoms with Crippen LogP contribution < -0.4 is 5.32 Å². The molecule has 1 aromatic carbocycles. The largest absolute Gasteiger partial charge is 0.433 e. The van der Waals surface area contributed by atoms with E-state index in [-0.39, 0.29) is 19.1 Å². The number of benzene rings is 1. The lowest BCUT2D eigenvalue weighted by Crippen LogP contribution is -2.55. The Morgan fingerprint density at radius 1 is 0.967 bits per heavy atom. The third-order valence-corrected chi connectivity index (χ3v) is 4.90. The molecule has 4 rings (SSSR count). The van der Waals surface area contributed by atoms with Crippen molar-refractivity contribution in [3.05, 3.63) is 78.0 Å². The molecule has 1 saturated heterocycles. The van der Waals surface area contributed by atoms with Gasteiger partial charge in [0.2, 0.25) is 5.91 Å². The van der Waals surface area contributed by atoms with Crippen molar-refractivity contribution in [1.82, 2.24) is 9.97 Å². The van der Waals surface area contributed by atoms with E-state index in [1.165, 1.54) is 36.5 Å². The molecule has 1 fully saturated rings. The predicted octanol–water partition coefficient (Wildman–Crippen LogP) is 4.21. The lowest BCUT2D eigenvalue weighted by molar-refractivity contribution is -0.141. The van der Waals surface area contributed by atoms with E-state index in [9.17, 15) is 22.4 Å². The molecule has 1 N–H and O–H groups in total. The van der Waals surface area contributed by atoms with Gasteiger partial charge in [-0.05, 0) is 48.0 Å². The Balaban J connectivity index is 1.54. The number of amides is 1. The van der Waals surface area contributed by atoms with E-state index < -0.39 is 23.1 Å². The molecule has 3 heterocycles. The maximum Gasteiger partial charge on any atom is 0.433 e.